The number of rotatable bonds is 1. The van der Waals surface area contributed by atoms with Gasteiger partial charge in [-0.25, -0.2) is 0 Å². The molecule has 1 N–H and O–H groups in total. The Kier molecular flexibility index (Phi) is 3.19. The average Bonchev–Trinajstić information content (AvgIpc) is 3.12. The molecule has 0 spiro atoms. The smallest absolute Gasteiger partial charge is 0.271 e. The van der Waals surface area contributed by atoms with Gasteiger partial charge >= 0.3 is 0 Å². The molecule has 0 bridgehead atoms. The summed E-state index contributed by atoms with van der Waals surface area (Å²) in [6, 6.07) is 20.1. The predicted molar refractivity (Wildman–Crippen MR) is 111 cm³/mol. The Morgan fingerprint density at radius 2 is 1.79 bits per heavy atom. The van der Waals surface area contributed by atoms with E-state index in [0.717, 1.165) is 11.3 Å². The lowest BCUT2D eigenvalue weighted by Crippen LogP contribution is -2.61. The van der Waals surface area contributed by atoms with Gasteiger partial charge in [0.2, 0.25) is 11.3 Å². The van der Waals surface area contributed by atoms with Gasteiger partial charge in [-0.15, -0.1) is 0 Å². The van der Waals surface area contributed by atoms with Crippen molar-refractivity contribution in [2.75, 3.05) is 11.4 Å². The number of anilines is 1. The summed E-state index contributed by atoms with van der Waals surface area (Å²) >= 11 is 6.34. The minimum absolute atomic E-state index is 0.193. The standard InChI is InChI=1S/C24H16ClNO3/c25-16-11-12-21-19(14-16)23(26-13-5-7-15-6-1-4-10-20(15)26)22(27)17-8-2-3-9-18(17)24(23,28)29-21/h1-12,14,28H,13H2. The van der Waals surface area contributed by atoms with Crippen LogP contribution in [0.2, 0.25) is 5.02 Å². The number of benzene rings is 3. The molecule has 6 rings (SSSR count). The van der Waals surface area contributed by atoms with Crippen LogP contribution in [0.25, 0.3) is 6.08 Å². The summed E-state index contributed by atoms with van der Waals surface area (Å²) in [5, 5.41) is 12.5. The lowest BCUT2D eigenvalue weighted by atomic mass is 9.80. The fourth-order valence-electron chi connectivity index (χ4n) is 5.01. The van der Waals surface area contributed by atoms with E-state index >= 15 is 0 Å². The van der Waals surface area contributed by atoms with Gasteiger partial charge in [-0.3, -0.25) is 4.79 Å². The molecule has 0 saturated heterocycles. The van der Waals surface area contributed by atoms with Crippen molar-refractivity contribution in [2.45, 2.75) is 11.3 Å². The highest BCUT2D eigenvalue weighted by molar-refractivity contribution is 6.30. The Balaban J connectivity index is 1.72. The van der Waals surface area contributed by atoms with Crippen molar-refractivity contribution >= 4 is 29.1 Å². The Morgan fingerprint density at radius 1 is 1.00 bits per heavy atom. The second kappa shape index (κ2) is 5.50. The zero-order chi connectivity index (χ0) is 19.8. The van der Waals surface area contributed by atoms with E-state index in [2.05, 4.69) is 0 Å². The first kappa shape index (κ1) is 16.8. The van der Waals surface area contributed by atoms with Crippen molar-refractivity contribution in [3.63, 3.8) is 0 Å². The highest BCUT2D eigenvalue weighted by Gasteiger charge is 2.73. The van der Waals surface area contributed by atoms with Gasteiger partial charge in [-0.2, -0.15) is 0 Å². The second-order valence-corrected chi connectivity index (χ2v) is 7.98. The van der Waals surface area contributed by atoms with Crippen molar-refractivity contribution in [3.05, 3.63) is 100 Å². The Hall–Kier alpha value is -3.08. The van der Waals surface area contributed by atoms with Crippen molar-refractivity contribution in [3.8, 4) is 5.75 Å². The van der Waals surface area contributed by atoms with Crippen LogP contribution in [0.4, 0.5) is 5.69 Å². The van der Waals surface area contributed by atoms with Crippen molar-refractivity contribution < 1.29 is 14.6 Å². The molecule has 0 radical (unpaired) electrons. The molecule has 3 aromatic rings. The number of hydrogen-bond donors (Lipinski definition) is 1. The zero-order valence-electron chi connectivity index (χ0n) is 15.3. The van der Waals surface area contributed by atoms with Gasteiger partial charge in [0.15, 0.2) is 0 Å². The fraction of sp³-hybridized carbons (Fsp3) is 0.125. The third-order valence-electron chi connectivity index (χ3n) is 6.16. The predicted octanol–water partition coefficient (Wildman–Crippen LogP) is 4.50. The topological polar surface area (TPSA) is 49.8 Å². The van der Waals surface area contributed by atoms with E-state index in [4.69, 9.17) is 16.3 Å². The van der Waals surface area contributed by atoms with E-state index < -0.39 is 11.3 Å². The summed E-state index contributed by atoms with van der Waals surface area (Å²) < 4.78 is 6.15. The monoisotopic (exact) mass is 401 g/mol. The molecule has 0 saturated carbocycles. The highest BCUT2D eigenvalue weighted by atomic mass is 35.5. The third kappa shape index (κ3) is 1.86. The number of carbonyl (C=O) groups is 1. The van der Waals surface area contributed by atoms with Gasteiger partial charge in [0.25, 0.3) is 5.79 Å². The molecule has 3 aromatic carbocycles. The van der Waals surface area contributed by atoms with Crippen LogP contribution in [-0.4, -0.2) is 17.4 Å². The summed E-state index contributed by atoms with van der Waals surface area (Å²) in [7, 11) is 0. The molecular formula is C24H16ClNO3. The lowest BCUT2D eigenvalue weighted by molar-refractivity contribution is -0.163. The number of aliphatic hydroxyl groups is 1. The molecule has 0 amide bonds. The van der Waals surface area contributed by atoms with Crippen molar-refractivity contribution in [1.82, 2.24) is 0 Å². The quantitative estimate of drug-likeness (QED) is 0.652. The van der Waals surface area contributed by atoms with Gasteiger partial charge in [0.1, 0.15) is 5.75 Å². The second-order valence-electron chi connectivity index (χ2n) is 7.54. The molecule has 2 heterocycles. The number of Topliss-reactive ketones (excluding diaryl/α,β-unsaturated/α-hetero) is 1. The number of halogens is 1. The molecule has 2 unspecified atom stereocenters. The minimum Gasteiger partial charge on any atom is -0.454 e. The Morgan fingerprint density at radius 3 is 2.69 bits per heavy atom. The number of nitrogens with zero attached hydrogens (tertiary/aromatic N) is 1. The highest BCUT2D eigenvalue weighted by Crippen LogP contribution is 2.62. The van der Waals surface area contributed by atoms with Gasteiger partial charge in [0.05, 0.1) is 0 Å². The summed E-state index contributed by atoms with van der Waals surface area (Å²) in [4.78, 5) is 16.0. The molecule has 3 aliphatic rings. The normalized spacial score (nSPS) is 25.9. The van der Waals surface area contributed by atoms with E-state index in [1.165, 1.54) is 0 Å². The number of carbonyl (C=O) groups excluding carboxylic acids is 1. The maximum Gasteiger partial charge on any atom is 0.271 e. The zero-order valence-corrected chi connectivity index (χ0v) is 16.1. The first-order chi connectivity index (χ1) is 14.1. The van der Waals surface area contributed by atoms with E-state index in [9.17, 15) is 9.90 Å². The van der Waals surface area contributed by atoms with Crippen LogP contribution in [-0.2, 0) is 11.3 Å². The summed E-state index contributed by atoms with van der Waals surface area (Å²) in [6.45, 7) is 0.453. The van der Waals surface area contributed by atoms with E-state index in [0.29, 0.717) is 34.0 Å². The molecule has 0 aromatic heterocycles. The van der Waals surface area contributed by atoms with Gasteiger partial charge in [-0.1, -0.05) is 66.2 Å². The summed E-state index contributed by atoms with van der Waals surface area (Å²) in [5.74, 6) is -1.58. The largest absolute Gasteiger partial charge is 0.454 e. The average molecular weight is 402 g/mol. The molecule has 4 nitrogen and oxygen atoms in total. The first-order valence-corrected chi connectivity index (χ1v) is 9.84. The first-order valence-electron chi connectivity index (χ1n) is 9.46. The summed E-state index contributed by atoms with van der Waals surface area (Å²) in [6.07, 6.45) is 4.03. The van der Waals surface area contributed by atoms with Crippen molar-refractivity contribution in [2.24, 2.45) is 0 Å². The van der Waals surface area contributed by atoms with Crippen LogP contribution in [0, 0.1) is 0 Å². The maximum atomic E-state index is 14.0. The van der Waals surface area contributed by atoms with Crippen LogP contribution in [0.15, 0.2) is 72.8 Å². The lowest BCUT2D eigenvalue weighted by Gasteiger charge is -2.45. The van der Waals surface area contributed by atoms with Crippen LogP contribution >= 0.6 is 11.6 Å². The summed E-state index contributed by atoms with van der Waals surface area (Å²) in [5.41, 5.74) is 1.91. The number of ether oxygens (including phenoxy) is 1. The van der Waals surface area contributed by atoms with Crippen LogP contribution in [0.1, 0.15) is 27.0 Å². The number of ketones is 1. The van der Waals surface area contributed by atoms with Crippen molar-refractivity contribution in [1.29, 1.82) is 0 Å². The molecule has 142 valence electrons. The third-order valence-corrected chi connectivity index (χ3v) is 6.40. The van der Waals surface area contributed by atoms with Crippen LogP contribution < -0.4 is 9.64 Å². The van der Waals surface area contributed by atoms with E-state index in [1.54, 1.807) is 36.4 Å². The molecular weight excluding hydrogens is 386 g/mol. The number of hydrogen-bond acceptors (Lipinski definition) is 4. The fourth-order valence-corrected chi connectivity index (χ4v) is 5.19. The van der Waals surface area contributed by atoms with Gasteiger partial charge in [0, 0.05) is 33.9 Å². The Bertz CT molecular complexity index is 1240. The van der Waals surface area contributed by atoms with E-state index in [1.807, 2.05) is 47.4 Å². The molecule has 0 fully saturated rings. The van der Waals surface area contributed by atoms with Gasteiger partial charge < -0.3 is 14.7 Å². The Labute approximate surface area is 172 Å². The minimum atomic E-state index is -1.86. The van der Waals surface area contributed by atoms with Crippen LogP contribution in [0.5, 0.6) is 5.75 Å². The number of fused-ring (bicyclic) bond motifs is 6. The molecule has 5 heteroatoms. The molecule has 2 aliphatic heterocycles. The van der Waals surface area contributed by atoms with Gasteiger partial charge in [-0.05, 0) is 29.8 Å². The molecule has 1 aliphatic carbocycles. The maximum absolute atomic E-state index is 14.0. The molecule has 2 atom stereocenters. The van der Waals surface area contributed by atoms with Crippen LogP contribution in [0.3, 0.4) is 0 Å². The number of para-hydroxylation sites is 1. The molecule has 29 heavy (non-hydrogen) atoms. The SMILES string of the molecule is O=C1c2ccccc2C2(O)Oc3ccc(Cl)cc3C12N1CC=Cc2ccccc21. The van der Waals surface area contributed by atoms with E-state index in [-0.39, 0.29) is 5.78 Å².